The molecule has 0 aliphatic carbocycles. The predicted octanol–water partition coefficient (Wildman–Crippen LogP) is 1.70. The van der Waals surface area contributed by atoms with E-state index in [1.165, 1.54) is 0 Å². The van der Waals surface area contributed by atoms with Crippen LogP contribution in [0.1, 0.15) is 31.1 Å². The second-order valence-corrected chi connectivity index (χ2v) is 3.66. The van der Waals surface area contributed by atoms with E-state index >= 15 is 0 Å². The third-order valence-corrected chi connectivity index (χ3v) is 2.11. The quantitative estimate of drug-likeness (QED) is 0.820. The number of anilines is 1. The molecule has 0 aliphatic heterocycles. The SMILES string of the molecule is CNC(=O)Nc1noc(COC)c1C(C)C. The molecular formula is C10H17N3O3. The summed E-state index contributed by atoms with van der Waals surface area (Å²) in [5, 5.41) is 8.88. The molecule has 0 fully saturated rings. The molecule has 1 rings (SSSR count). The first-order chi connectivity index (χ1) is 7.60. The molecule has 1 aromatic heterocycles. The number of amides is 2. The van der Waals surface area contributed by atoms with Crippen molar-refractivity contribution in [3.63, 3.8) is 0 Å². The van der Waals surface area contributed by atoms with Gasteiger partial charge in [0.15, 0.2) is 11.6 Å². The fourth-order valence-corrected chi connectivity index (χ4v) is 1.42. The van der Waals surface area contributed by atoms with Gasteiger partial charge in [-0.25, -0.2) is 4.79 Å². The molecule has 0 saturated carbocycles. The van der Waals surface area contributed by atoms with Gasteiger partial charge < -0.3 is 14.6 Å². The Hall–Kier alpha value is -1.56. The Labute approximate surface area is 94.3 Å². The van der Waals surface area contributed by atoms with Crippen LogP contribution in [0.25, 0.3) is 0 Å². The molecule has 0 aliphatic rings. The minimum atomic E-state index is -0.320. The summed E-state index contributed by atoms with van der Waals surface area (Å²) < 4.78 is 10.1. The van der Waals surface area contributed by atoms with Crippen LogP contribution in [0.15, 0.2) is 4.52 Å². The number of ether oxygens (including phenoxy) is 1. The van der Waals surface area contributed by atoms with Gasteiger partial charge in [-0.2, -0.15) is 0 Å². The fraction of sp³-hybridized carbons (Fsp3) is 0.600. The number of nitrogens with one attached hydrogen (secondary N) is 2. The smallest absolute Gasteiger partial charge is 0.320 e. The largest absolute Gasteiger partial charge is 0.377 e. The van der Waals surface area contributed by atoms with Crippen molar-refractivity contribution < 1.29 is 14.1 Å². The summed E-state index contributed by atoms with van der Waals surface area (Å²) in [5.74, 6) is 1.29. The lowest BCUT2D eigenvalue weighted by Gasteiger charge is -2.07. The van der Waals surface area contributed by atoms with Crippen LogP contribution in [0.3, 0.4) is 0 Å². The van der Waals surface area contributed by atoms with Gasteiger partial charge in [-0.15, -0.1) is 0 Å². The third-order valence-electron chi connectivity index (χ3n) is 2.11. The number of aromatic nitrogens is 1. The van der Waals surface area contributed by atoms with Crippen LogP contribution in [0.4, 0.5) is 10.6 Å². The van der Waals surface area contributed by atoms with Crippen LogP contribution in [0, 0.1) is 0 Å². The van der Waals surface area contributed by atoms with Crippen LogP contribution in [0.5, 0.6) is 0 Å². The summed E-state index contributed by atoms with van der Waals surface area (Å²) in [7, 11) is 3.12. The zero-order valence-electron chi connectivity index (χ0n) is 9.96. The molecule has 0 unspecified atom stereocenters. The highest BCUT2D eigenvalue weighted by Crippen LogP contribution is 2.27. The Morgan fingerprint density at radius 2 is 2.25 bits per heavy atom. The normalized spacial score (nSPS) is 10.6. The van der Waals surface area contributed by atoms with Crippen LogP contribution < -0.4 is 10.6 Å². The number of rotatable bonds is 4. The Morgan fingerprint density at radius 3 is 2.75 bits per heavy atom. The van der Waals surface area contributed by atoms with Gasteiger partial charge in [-0.3, -0.25) is 5.32 Å². The lowest BCUT2D eigenvalue weighted by atomic mass is 10.0. The number of nitrogens with zero attached hydrogens (tertiary/aromatic N) is 1. The summed E-state index contributed by atoms with van der Waals surface area (Å²) in [5.41, 5.74) is 0.866. The maximum Gasteiger partial charge on any atom is 0.320 e. The average molecular weight is 227 g/mol. The minimum Gasteiger partial charge on any atom is -0.377 e. The highest BCUT2D eigenvalue weighted by Gasteiger charge is 2.19. The molecule has 0 radical (unpaired) electrons. The first kappa shape index (κ1) is 12.5. The van der Waals surface area contributed by atoms with Crippen molar-refractivity contribution in [1.29, 1.82) is 0 Å². The molecule has 16 heavy (non-hydrogen) atoms. The molecule has 0 bridgehead atoms. The van der Waals surface area contributed by atoms with E-state index in [-0.39, 0.29) is 11.9 Å². The molecule has 90 valence electrons. The lowest BCUT2D eigenvalue weighted by Crippen LogP contribution is -2.25. The molecular weight excluding hydrogens is 210 g/mol. The topological polar surface area (TPSA) is 76.4 Å². The number of carbonyl (C=O) groups is 1. The standard InChI is InChI=1S/C10H17N3O3/c1-6(2)8-7(5-15-4)16-13-9(8)12-10(14)11-3/h6H,5H2,1-4H3,(H2,11,12,13,14). The second-order valence-electron chi connectivity index (χ2n) is 3.66. The van der Waals surface area contributed by atoms with E-state index in [9.17, 15) is 4.79 Å². The van der Waals surface area contributed by atoms with Crippen LogP contribution in [0.2, 0.25) is 0 Å². The molecule has 2 N–H and O–H groups in total. The lowest BCUT2D eigenvalue weighted by molar-refractivity contribution is 0.154. The number of hydrogen-bond acceptors (Lipinski definition) is 4. The van der Waals surface area contributed by atoms with E-state index in [4.69, 9.17) is 9.26 Å². The first-order valence-electron chi connectivity index (χ1n) is 5.06. The number of carbonyl (C=O) groups excluding carboxylic acids is 1. The molecule has 6 heteroatoms. The van der Waals surface area contributed by atoms with Crippen molar-refractivity contribution in [2.45, 2.75) is 26.4 Å². The summed E-state index contributed by atoms with van der Waals surface area (Å²) in [6.45, 7) is 4.34. The molecule has 0 spiro atoms. The Kier molecular flexibility index (Phi) is 4.30. The Morgan fingerprint density at radius 1 is 1.56 bits per heavy atom. The van der Waals surface area contributed by atoms with E-state index in [0.717, 1.165) is 5.56 Å². The van der Waals surface area contributed by atoms with Crippen LogP contribution in [-0.2, 0) is 11.3 Å². The van der Waals surface area contributed by atoms with E-state index in [1.54, 1.807) is 14.2 Å². The maximum absolute atomic E-state index is 11.2. The number of urea groups is 1. The highest BCUT2D eigenvalue weighted by atomic mass is 16.5. The monoisotopic (exact) mass is 227 g/mol. The highest BCUT2D eigenvalue weighted by molar-refractivity contribution is 5.88. The van der Waals surface area contributed by atoms with Gasteiger partial charge >= 0.3 is 6.03 Å². The van der Waals surface area contributed by atoms with E-state index in [0.29, 0.717) is 18.2 Å². The number of hydrogen-bond donors (Lipinski definition) is 2. The summed E-state index contributed by atoms with van der Waals surface area (Å²) in [4.78, 5) is 11.2. The van der Waals surface area contributed by atoms with Crippen LogP contribution in [-0.4, -0.2) is 25.3 Å². The van der Waals surface area contributed by atoms with E-state index in [1.807, 2.05) is 13.8 Å². The first-order valence-corrected chi connectivity index (χ1v) is 5.06. The molecule has 6 nitrogen and oxygen atoms in total. The molecule has 0 atom stereocenters. The van der Waals surface area contributed by atoms with E-state index in [2.05, 4.69) is 15.8 Å². The minimum absolute atomic E-state index is 0.198. The van der Waals surface area contributed by atoms with Crippen molar-refractivity contribution >= 4 is 11.8 Å². The average Bonchev–Trinajstić information content (AvgIpc) is 2.61. The molecule has 1 aromatic rings. The van der Waals surface area contributed by atoms with Gasteiger partial charge in [0, 0.05) is 19.7 Å². The second kappa shape index (κ2) is 5.50. The summed E-state index contributed by atoms with van der Waals surface area (Å²) >= 11 is 0. The van der Waals surface area contributed by atoms with Crippen molar-refractivity contribution in [2.24, 2.45) is 0 Å². The van der Waals surface area contributed by atoms with Crippen LogP contribution >= 0.6 is 0 Å². The third kappa shape index (κ3) is 2.73. The van der Waals surface area contributed by atoms with Crippen molar-refractivity contribution in [2.75, 3.05) is 19.5 Å². The van der Waals surface area contributed by atoms with Crippen molar-refractivity contribution in [1.82, 2.24) is 10.5 Å². The molecule has 1 heterocycles. The molecule has 2 amide bonds. The summed E-state index contributed by atoms with van der Waals surface area (Å²) in [6.07, 6.45) is 0. The zero-order chi connectivity index (χ0) is 12.1. The van der Waals surface area contributed by atoms with Gasteiger partial charge in [0.25, 0.3) is 0 Å². The molecule has 0 aromatic carbocycles. The van der Waals surface area contributed by atoms with E-state index < -0.39 is 0 Å². The predicted molar refractivity (Wildman–Crippen MR) is 59.4 cm³/mol. The Balaban J connectivity index is 2.95. The zero-order valence-corrected chi connectivity index (χ0v) is 9.96. The Bertz CT molecular complexity index is 360. The molecule has 0 saturated heterocycles. The van der Waals surface area contributed by atoms with Gasteiger partial charge in [-0.05, 0) is 5.92 Å². The van der Waals surface area contributed by atoms with Crippen molar-refractivity contribution in [3.05, 3.63) is 11.3 Å². The number of methoxy groups -OCH3 is 1. The maximum atomic E-state index is 11.2. The van der Waals surface area contributed by atoms with Gasteiger partial charge in [0.2, 0.25) is 0 Å². The van der Waals surface area contributed by atoms with Gasteiger partial charge in [-0.1, -0.05) is 19.0 Å². The van der Waals surface area contributed by atoms with Gasteiger partial charge in [0.1, 0.15) is 6.61 Å². The van der Waals surface area contributed by atoms with Gasteiger partial charge in [0.05, 0.1) is 0 Å². The summed E-state index contributed by atoms with van der Waals surface area (Å²) in [6, 6.07) is -0.320. The van der Waals surface area contributed by atoms with Crippen molar-refractivity contribution in [3.8, 4) is 0 Å². The fourth-order valence-electron chi connectivity index (χ4n) is 1.42.